The van der Waals surface area contributed by atoms with Crippen molar-refractivity contribution in [2.75, 3.05) is 20.3 Å². The number of non-ortho nitro benzene ring substituents is 1. The van der Waals surface area contributed by atoms with E-state index in [1.54, 1.807) is 18.2 Å². The molecule has 0 saturated carbocycles. The molecule has 1 saturated heterocycles. The van der Waals surface area contributed by atoms with E-state index < -0.39 is 34.4 Å². The van der Waals surface area contributed by atoms with Gasteiger partial charge in [0.1, 0.15) is 5.75 Å². The molecule has 3 rings (SSSR count). The predicted octanol–water partition coefficient (Wildman–Crippen LogP) is 3.83. The molecule has 1 fully saturated rings. The van der Waals surface area contributed by atoms with Crippen LogP contribution < -0.4 is 4.74 Å². The van der Waals surface area contributed by atoms with Crippen molar-refractivity contribution in [2.24, 2.45) is 0 Å². The summed E-state index contributed by atoms with van der Waals surface area (Å²) in [6.07, 6.45) is 1.43. The van der Waals surface area contributed by atoms with E-state index in [0.29, 0.717) is 21.8 Å². The van der Waals surface area contributed by atoms with Gasteiger partial charge in [-0.25, -0.2) is 4.79 Å². The summed E-state index contributed by atoms with van der Waals surface area (Å²) in [4.78, 5) is 60.1. The number of Topliss-reactive ketones (excluding diaryl/α,β-unsaturated/α-hetero) is 1. The van der Waals surface area contributed by atoms with Gasteiger partial charge in [0.05, 0.1) is 23.5 Å². The molecule has 2 amide bonds. The molecule has 12 heteroatoms. The second-order valence-electron chi connectivity index (χ2n) is 6.54. The minimum Gasteiger partial charge on any atom is -0.481 e. The summed E-state index contributed by atoms with van der Waals surface area (Å²) in [6, 6.07) is 9.78. The number of benzene rings is 2. The SMILES string of the molecule is COC(=O)COc1ccc(Br)cc1/C=C1/SC(=O)N(CC(=O)c2ccc([N+](=O)[O-])cc2)C1=O. The van der Waals surface area contributed by atoms with Gasteiger partial charge in [-0.3, -0.25) is 29.4 Å². The first kappa shape index (κ1) is 24.1. The van der Waals surface area contributed by atoms with Gasteiger partial charge in [-0.1, -0.05) is 15.9 Å². The van der Waals surface area contributed by atoms with E-state index >= 15 is 0 Å². The van der Waals surface area contributed by atoms with Crippen molar-refractivity contribution < 1.29 is 33.6 Å². The Balaban J connectivity index is 1.78. The number of halogens is 1. The molecule has 0 N–H and O–H groups in total. The molecule has 0 atom stereocenters. The maximum absolute atomic E-state index is 12.8. The minimum atomic E-state index is -0.667. The van der Waals surface area contributed by atoms with Gasteiger partial charge < -0.3 is 9.47 Å². The van der Waals surface area contributed by atoms with Gasteiger partial charge in [0.15, 0.2) is 12.4 Å². The molecule has 10 nitrogen and oxygen atoms in total. The smallest absolute Gasteiger partial charge is 0.343 e. The highest BCUT2D eigenvalue weighted by Crippen LogP contribution is 2.35. The molecule has 1 aliphatic heterocycles. The Morgan fingerprint density at radius 1 is 1.18 bits per heavy atom. The fourth-order valence-corrected chi connectivity index (χ4v) is 3.95. The molecular weight excluding hydrogens is 520 g/mol. The number of rotatable bonds is 8. The van der Waals surface area contributed by atoms with E-state index in [9.17, 15) is 29.3 Å². The van der Waals surface area contributed by atoms with Crippen LogP contribution in [0.2, 0.25) is 0 Å². The second-order valence-corrected chi connectivity index (χ2v) is 8.45. The third-order valence-electron chi connectivity index (χ3n) is 4.41. The number of nitro benzene ring substituents is 1. The summed E-state index contributed by atoms with van der Waals surface area (Å²) in [7, 11) is 1.22. The highest BCUT2D eigenvalue weighted by atomic mass is 79.9. The van der Waals surface area contributed by atoms with Crippen LogP contribution in [0, 0.1) is 10.1 Å². The van der Waals surface area contributed by atoms with Crippen LogP contribution in [0.15, 0.2) is 51.8 Å². The zero-order chi connectivity index (χ0) is 24.1. The van der Waals surface area contributed by atoms with Gasteiger partial charge in [-0.2, -0.15) is 0 Å². The topological polar surface area (TPSA) is 133 Å². The quantitative estimate of drug-likeness (QED) is 0.163. The molecular formula is C21H15BrN2O8S. The van der Waals surface area contributed by atoms with Crippen LogP contribution in [-0.2, 0) is 14.3 Å². The summed E-state index contributed by atoms with van der Waals surface area (Å²) in [6.45, 7) is -0.853. The van der Waals surface area contributed by atoms with Crippen molar-refractivity contribution in [3.63, 3.8) is 0 Å². The monoisotopic (exact) mass is 534 g/mol. The molecule has 1 aliphatic rings. The molecule has 170 valence electrons. The Morgan fingerprint density at radius 2 is 1.88 bits per heavy atom. The van der Waals surface area contributed by atoms with E-state index in [1.807, 2.05) is 0 Å². The number of esters is 1. The predicted molar refractivity (Wildman–Crippen MR) is 122 cm³/mol. The third-order valence-corrected chi connectivity index (χ3v) is 5.81. The average Bonchev–Trinajstić information content (AvgIpc) is 3.05. The molecule has 0 bridgehead atoms. The number of carbonyl (C=O) groups excluding carboxylic acids is 4. The summed E-state index contributed by atoms with van der Waals surface area (Å²) in [5, 5.41) is 10.1. The number of thioether (sulfide) groups is 1. The van der Waals surface area contributed by atoms with Gasteiger partial charge in [-0.05, 0) is 48.2 Å². The number of imide groups is 1. The van der Waals surface area contributed by atoms with Gasteiger partial charge in [0.2, 0.25) is 0 Å². The van der Waals surface area contributed by atoms with Crippen LogP contribution in [0.5, 0.6) is 5.75 Å². The number of carbonyl (C=O) groups is 4. The van der Waals surface area contributed by atoms with Gasteiger partial charge >= 0.3 is 5.97 Å². The second kappa shape index (κ2) is 10.4. The standard InChI is InChI=1S/C21H15BrN2O8S/c1-31-19(26)11-32-17-7-4-14(22)8-13(17)9-18-20(27)23(21(28)33-18)10-16(25)12-2-5-15(6-3-12)24(29)30/h2-9H,10-11H2,1H3/b18-9+. The van der Waals surface area contributed by atoms with Crippen molar-refractivity contribution in [3.05, 3.63) is 73.1 Å². The van der Waals surface area contributed by atoms with Gasteiger partial charge in [-0.15, -0.1) is 0 Å². The fourth-order valence-electron chi connectivity index (χ4n) is 2.74. The van der Waals surface area contributed by atoms with Gasteiger partial charge in [0, 0.05) is 27.7 Å². The molecule has 0 radical (unpaired) electrons. The first-order chi connectivity index (χ1) is 15.7. The van der Waals surface area contributed by atoms with Crippen molar-refractivity contribution in [2.45, 2.75) is 0 Å². The van der Waals surface area contributed by atoms with Crippen LogP contribution in [-0.4, -0.2) is 53.0 Å². The largest absolute Gasteiger partial charge is 0.481 e. The molecule has 0 aliphatic carbocycles. The Kier molecular flexibility index (Phi) is 7.61. The number of hydrogen-bond donors (Lipinski definition) is 0. The summed E-state index contributed by atoms with van der Waals surface area (Å²) < 4.78 is 10.6. The first-order valence-electron chi connectivity index (χ1n) is 9.21. The number of ketones is 1. The lowest BCUT2D eigenvalue weighted by Crippen LogP contribution is -2.33. The molecule has 2 aromatic rings. The number of nitrogens with zero attached hydrogens (tertiary/aromatic N) is 2. The number of nitro groups is 1. The number of methoxy groups -OCH3 is 1. The van der Waals surface area contributed by atoms with E-state index in [2.05, 4.69) is 20.7 Å². The zero-order valence-electron chi connectivity index (χ0n) is 17.0. The van der Waals surface area contributed by atoms with E-state index in [1.165, 1.54) is 37.5 Å². The molecule has 2 aromatic carbocycles. The minimum absolute atomic E-state index is 0.0671. The highest BCUT2D eigenvalue weighted by molar-refractivity contribution is 9.10. The Morgan fingerprint density at radius 3 is 2.52 bits per heavy atom. The van der Waals surface area contributed by atoms with E-state index in [0.717, 1.165) is 4.90 Å². The lowest BCUT2D eigenvalue weighted by Gasteiger charge is -2.11. The van der Waals surface area contributed by atoms with Crippen molar-refractivity contribution >= 4 is 62.4 Å². The summed E-state index contributed by atoms with van der Waals surface area (Å²) >= 11 is 3.98. The normalized spacial score (nSPS) is 14.5. The third kappa shape index (κ3) is 5.84. The Bertz CT molecular complexity index is 1180. The zero-order valence-corrected chi connectivity index (χ0v) is 19.4. The number of amides is 2. The maximum Gasteiger partial charge on any atom is 0.343 e. The van der Waals surface area contributed by atoms with Crippen molar-refractivity contribution in [1.82, 2.24) is 4.90 Å². The molecule has 0 spiro atoms. The summed E-state index contributed by atoms with van der Waals surface area (Å²) in [5.41, 5.74) is 0.384. The van der Waals surface area contributed by atoms with Crippen molar-refractivity contribution in [3.8, 4) is 5.75 Å². The Labute approximate surface area is 199 Å². The molecule has 33 heavy (non-hydrogen) atoms. The molecule has 1 heterocycles. The van der Waals surface area contributed by atoms with Crippen LogP contribution in [0.3, 0.4) is 0 Å². The van der Waals surface area contributed by atoms with Crippen LogP contribution >= 0.6 is 27.7 Å². The highest BCUT2D eigenvalue weighted by Gasteiger charge is 2.36. The lowest BCUT2D eigenvalue weighted by atomic mass is 10.1. The lowest BCUT2D eigenvalue weighted by molar-refractivity contribution is -0.384. The van der Waals surface area contributed by atoms with Gasteiger partial charge in [0.25, 0.3) is 16.8 Å². The number of ether oxygens (including phenoxy) is 2. The van der Waals surface area contributed by atoms with Crippen LogP contribution in [0.25, 0.3) is 6.08 Å². The fraction of sp³-hybridized carbons (Fsp3) is 0.143. The van der Waals surface area contributed by atoms with E-state index in [-0.39, 0.29) is 28.5 Å². The Hall–Kier alpha value is -3.51. The van der Waals surface area contributed by atoms with E-state index in [4.69, 9.17) is 4.74 Å². The van der Waals surface area contributed by atoms with Crippen molar-refractivity contribution in [1.29, 1.82) is 0 Å². The van der Waals surface area contributed by atoms with Crippen LogP contribution in [0.4, 0.5) is 10.5 Å². The molecule has 0 aromatic heterocycles. The first-order valence-corrected chi connectivity index (χ1v) is 10.8. The summed E-state index contributed by atoms with van der Waals surface area (Å²) in [5.74, 6) is -1.51. The molecule has 0 unspecified atom stereocenters. The number of hydrogen-bond acceptors (Lipinski definition) is 9. The van der Waals surface area contributed by atoms with Crippen LogP contribution in [0.1, 0.15) is 15.9 Å². The maximum atomic E-state index is 12.8. The average molecular weight is 535 g/mol.